The molecule has 0 saturated heterocycles. The lowest BCUT2D eigenvalue weighted by molar-refractivity contribution is 1.08. The largest absolute Gasteiger partial charge is 0.208 e. The van der Waals surface area contributed by atoms with Crippen LogP contribution >= 0.6 is 11.3 Å². The summed E-state index contributed by atoms with van der Waals surface area (Å²) in [5, 5.41) is 9.82. The molecule has 0 fully saturated rings. The zero-order valence-electron chi connectivity index (χ0n) is 33.5. The van der Waals surface area contributed by atoms with Crippen LogP contribution in [0.25, 0.3) is 120 Å². The van der Waals surface area contributed by atoms with Gasteiger partial charge in [-0.15, -0.1) is 11.3 Å². The number of rotatable bonds is 5. The first kappa shape index (κ1) is 35.0. The summed E-state index contributed by atoms with van der Waals surface area (Å²) in [6, 6.07) is 72.4. The molecule has 10 aromatic carbocycles. The van der Waals surface area contributed by atoms with E-state index in [1.165, 1.54) is 86.0 Å². The lowest BCUT2D eigenvalue weighted by Crippen LogP contribution is -2.00. The summed E-state index contributed by atoms with van der Waals surface area (Å²) in [5.74, 6) is 1.97. The second-order valence-electron chi connectivity index (χ2n) is 16.3. The molecular formula is C58H35N3S. The van der Waals surface area contributed by atoms with Gasteiger partial charge in [-0.1, -0.05) is 170 Å². The third kappa shape index (κ3) is 5.68. The summed E-state index contributed by atoms with van der Waals surface area (Å²) >= 11 is 1.79. The number of hydrogen-bond donors (Lipinski definition) is 0. The van der Waals surface area contributed by atoms with Crippen molar-refractivity contribution in [1.29, 1.82) is 0 Å². The normalized spacial score (nSPS) is 12.1. The predicted octanol–water partition coefficient (Wildman–Crippen LogP) is 15.6. The fourth-order valence-electron chi connectivity index (χ4n) is 9.68. The van der Waals surface area contributed by atoms with Crippen LogP contribution < -0.4 is 0 Å². The molecular weight excluding hydrogens is 771 g/mol. The minimum atomic E-state index is 0.647. The summed E-state index contributed by atoms with van der Waals surface area (Å²) in [6.07, 6.45) is 0.960. The maximum absolute atomic E-state index is 5.26. The highest BCUT2D eigenvalue weighted by Crippen LogP contribution is 2.45. The molecule has 62 heavy (non-hydrogen) atoms. The van der Waals surface area contributed by atoms with Gasteiger partial charge in [0.25, 0.3) is 0 Å². The summed E-state index contributed by atoms with van der Waals surface area (Å²) in [5.41, 5.74) is 13.2. The van der Waals surface area contributed by atoms with Gasteiger partial charge in [-0.05, 0) is 114 Å². The molecule has 1 aliphatic carbocycles. The Bertz CT molecular complexity index is 3780. The van der Waals surface area contributed by atoms with E-state index in [1.807, 2.05) is 0 Å². The van der Waals surface area contributed by atoms with Gasteiger partial charge in [-0.25, -0.2) is 15.0 Å². The molecule has 0 spiro atoms. The van der Waals surface area contributed by atoms with Gasteiger partial charge in [0.1, 0.15) is 0 Å². The molecule has 2 heterocycles. The Morgan fingerprint density at radius 3 is 1.74 bits per heavy atom. The summed E-state index contributed by atoms with van der Waals surface area (Å²) in [4.78, 5) is 15.7. The highest BCUT2D eigenvalue weighted by molar-refractivity contribution is 7.26. The molecule has 0 saturated carbocycles. The molecule has 0 unspecified atom stereocenters. The van der Waals surface area contributed by atoms with Gasteiger partial charge in [0.15, 0.2) is 17.5 Å². The number of fused-ring (bicyclic) bond motifs is 9. The standard InChI is InChI=1S/C58H35N3S/c1-2-12-39-34-52-45(32-38(39)11-1)33-43-14-8-18-48(54(43)52)42-28-26-41-31-44(29-27-40(41)30-42)57-59-56(37-24-22-36(23-25-37)47-17-7-13-35-10-3-4-15-46(35)47)60-58(61-57)51-20-9-19-50-49-16-5-6-21-53(49)62-55(50)51/h1-32,34H,33H2. The quantitative estimate of drug-likeness (QED) is 0.174. The fourth-order valence-corrected chi connectivity index (χ4v) is 10.9. The molecule has 0 aliphatic heterocycles. The van der Waals surface area contributed by atoms with Crippen LogP contribution in [0.15, 0.2) is 200 Å². The summed E-state index contributed by atoms with van der Waals surface area (Å²) in [6.45, 7) is 0. The van der Waals surface area contributed by atoms with Gasteiger partial charge in [0.2, 0.25) is 0 Å². The van der Waals surface area contributed by atoms with Crippen LogP contribution in [0.4, 0.5) is 0 Å². The topological polar surface area (TPSA) is 38.7 Å². The first-order valence-electron chi connectivity index (χ1n) is 21.1. The summed E-state index contributed by atoms with van der Waals surface area (Å²) < 4.78 is 2.43. The average Bonchev–Trinajstić information content (AvgIpc) is 3.91. The Kier molecular flexibility index (Phi) is 7.84. The molecule has 0 N–H and O–H groups in total. The zero-order chi connectivity index (χ0) is 40.7. The molecule has 3 nitrogen and oxygen atoms in total. The Hall–Kier alpha value is -7.79. The van der Waals surface area contributed by atoms with Crippen molar-refractivity contribution in [2.24, 2.45) is 0 Å². The van der Waals surface area contributed by atoms with Gasteiger partial charge in [-0.3, -0.25) is 0 Å². The molecule has 0 radical (unpaired) electrons. The van der Waals surface area contributed by atoms with Crippen molar-refractivity contribution in [3.05, 3.63) is 211 Å². The number of thiophene rings is 1. The fraction of sp³-hybridized carbons (Fsp3) is 0.0172. The predicted molar refractivity (Wildman–Crippen MR) is 261 cm³/mol. The van der Waals surface area contributed by atoms with E-state index < -0.39 is 0 Å². The number of benzene rings is 10. The van der Waals surface area contributed by atoms with E-state index in [2.05, 4.69) is 200 Å². The van der Waals surface area contributed by atoms with E-state index in [4.69, 9.17) is 15.0 Å². The molecule has 12 aromatic rings. The second kappa shape index (κ2) is 13.9. The lowest BCUT2D eigenvalue weighted by atomic mass is 9.92. The van der Waals surface area contributed by atoms with Crippen molar-refractivity contribution in [2.75, 3.05) is 0 Å². The van der Waals surface area contributed by atoms with E-state index in [0.717, 1.165) is 34.1 Å². The van der Waals surface area contributed by atoms with E-state index in [1.54, 1.807) is 11.3 Å². The number of nitrogens with zero attached hydrogens (tertiary/aromatic N) is 3. The lowest BCUT2D eigenvalue weighted by Gasteiger charge is -2.13. The van der Waals surface area contributed by atoms with Crippen molar-refractivity contribution in [1.82, 2.24) is 15.0 Å². The molecule has 2 aromatic heterocycles. The van der Waals surface area contributed by atoms with Crippen molar-refractivity contribution in [2.45, 2.75) is 6.42 Å². The molecule has 0 bridgehead atoms. The van der Waals surface area contributed by atoms with Crippen LogP contribution in [-0.2, 0) is 6.42 Å². The van der Waals surface area contributed by atoms with Crippen LogP contribution in [0.1, 0.15) is 11.1 Å². The van der Waals surface area contributed by atoms with Crippen LogP contribution in [0.3, 0.4) is 0 Å². The Morgan fingerprint density at radius 1 is 0.323 bits per heavy atom. The van der Waals surface area contributed by atoms with Crippen molar-refractivity contribution in [3.63, 3.8) is 0 Å². The monoisotopic (exact) mass is 805 g/mol. The maximum atomic E-state index is 5.26. The molecule has 13 rings (SSSR count). The van der Waals surface area contributed by atoms with Gasteiger partial charge in [-0.2, -0.15) is 0 Å². The van der Waals surface area contributed by atoms with Crippen LogP contribution in [0.2, 0.25) is 0 Å². The van der Waals surface area contributed by atoms with Crippen molar-refractivity contribution >= 4 is 63.8 Å². The Morgan fingerprint density at radius 2 is 0.887 bits per heavy atom. The van der Waals surface area contributed by atoms with Gasteiger partial charge < -0.3 is 0 Å². The van der Waals surface area contributed by atoms with Crippen molar-refractivity contribution in [3.8, 4) is 67.5 Å². The molecule has 0 atom stereocenters. The zero-order valence-corrected chi connectivity index (χ0v) is 34.3. The Labute approximate surface area is 362 Å². The minimum absolute atomic E-state index is 0.647. The van der Waals surface area contributed by atoms with E-state index >= 15 is 0 Å². The first-order valence-corrected chi connectivity index (χ1v) is 21.9. The van der Waals surface area contributed by atoms with Crippen LogP contribution in [-0.4, -0.2) is 15.0 Å². The smallest absolute Gasteiger partial charge is 0.165 e. The Balaban J connectivity index is 0.925. The highest BCUT2D eigenvalue weighted by atomic mass is 32.1. The molecule has 288 valence electrons. The van der Waals surface area contributed by atoms with E-state index in [0.29, 0.717) is 17.5 Å². The van der Waals surface area contributed by atoms with Crippen LogP contribution in [0.5, 0.6) is 0 Å². The second-order valence-corrected chi connectivity index (χ2v) is 17.4. The molecule has 0 amide bonds. The average molecular weight is 806 g/mol. The maximum Gasteiger partial charge on any atom is 0.165 e. The third-order valence-electron chi connectivity index (χ3n) is 12.7. The highest BCUT2D eigenvalue weighted by Gasteiger charge is 2.23. The summed E-state index contributed by atoms with van der Waals surface area (Å²) in [7, 11) is 0. The van der Waals surface area contributed by atoms with Crippen LogP contribution in [0, 0.1) is 0 Å². The van der Waals surface area contributed by atoms with Gasteiger partial charge in [0, 0.05) is 36.9 Å². The van der Waals surface area contributed by atoms with Crippen molar-refractivity contribution < 1.29 is 0 Å². The van der Waals surface area contributed by atoms with E-state index in [-0.39, 0.29) is 0 Å². The SMILES string of the molecule is c1cc2c(c(-c3ccc4cc(-c5nc(-c6ccc(-c7cccc8ccccc78)cc6)nc(-c6cccc7c6sc6ccccc67)n5)ccc4c3)c1)-c1cc3ccccc3cc1C2. The first-order chi connectivity index (χ1) is 30.7. The number of hydrogen-bond acceptors (Lipinski definition) is 4. The number of aromatic nitrogens is 3. The third-order valence-corrected chi connectivity index (χ3v) is 13.9. The minimum Gasteiger partial charge on any atom is -0.208 e. The van der Waals surface area contributed by atoms with E-state index in [9.17, 15) is 0 Å². The molecule has 4 heteroatoms. The molecule has 1 aliphatic rings. The van der Waals surface area contributed by atoms with Gasteiger partial charge in [0.05, 0.1) is 0 Å². The van der Waals surface area contributed by atoms with Gasteiger partial charge >= 0.3 is 0 Å².